The Bertz CT molecular complexity index is 3950. The van der Waals surface area contributed by atoms with Crippen molar-refractivity contribution in [2.75, 3.05) is 5.32 Å². The van der Waals surface area contributed by atoms with E-state index in [0.717, 1.165) is 66.5 Å². The lowest BCUT2D eigenvalue weighted by atomic mass is 9.97. The van der Waals surface area contributed by atoms with Crippen LogP contribution in [0.4, 0.5) is 11.4 Å². The van der Waals surface area contributed by atoms with Gasteiger partial charge in [-0.3, -0.25) is 0 Å². The standard InChI is InChI=1S/C60H38N2OS/c1-2-14-38(15-3-1)46-22-4-7-27-53(46)61-44-20-11-17-40(35-44)42-30-33-56-52(37-42)49-31-32-55-58(59(49)63-56)51-24-5-8-28-54(51)62(55)45-21-12-18-41(36-45)39-16-10-19-43(34-39)47-25-13-26-50-48-23-6-9-29-57(48)64-60(47)50/h1-37,61H. The maximum Gasteiger partial charge on any atom is 0.145 e. The summed E-state index contributed by atoms with van der Waals surface area (Å²) < 4.78 is 11.9. The molecule has 0 fully saturated rings. The van der Waals surface area contributed by atoms with E-state index in [0.29, 0.717) is 0 Å². The first-order chi connectivity index (χ1) is 31.7. The van der Waals surface area contributed by atoms with Crippen LogP contribution < -0.4 is 5.32 Å². The maximum atomic E-state index is 6.84. The molecule has 0 amide bonds. The minimum atomic E-state index is 0.877. The summed E-state index contributed by atoms with van der Waals surface area (Å²) in [7, 11) is 0. The van der Waals surface area contributed by atoms with E-state index in [4.69, 9.17) is 4.42 Å². The second kappa shape index (κ2) is 14.7. The summed E-state index contributed by atoms with van der Waals surface area (Å²) in [5.74, 6) is 0. The van der Waals surface area contributed by atoms with E-state index in [9.17, 15) is 0 Å². The fourth-order valence-corrected chi connectivity index (χ4v) is 11.0. The molecule has 3 nitrogen and oxygen atoms in total. The van der Waals surface area contributed by atoms with Crippen molar-refractivity contribution in [3.8, 4) is 50.2 Å². The van der Waals surface area contributed by atoms with E-state index in [1.165, 1.54) is 58.9 Å². The first-order valence-corrected chi connectivity index (χ1v) is 22.6. The van der Waals surface area contributed by atoms with Crippen molar-refractivity contribution < 1.29 is 4.42 Å². The van der Waals surface area contributed by atoms with Gasteiger partial charge in [0.15, 0.2) is 0 Å². The zero-order chi connectivity index (χ0) is 42.1. The van der Waals surface area contributed by atoms with Crippen molar-refractivity contribution in [2.24, 2.45) is 0 Å². The van der Waals surface area contributed by atoms with Gasteiger partial charge in [0.1, 0.15) is 11.2 Å². The van der Waals surface area contributed by atoms with E-state index in [1.807, 2.05) is 11.3 Å². The molecule has 0 aliphatic rings. The average molecular weight is 835 g/mol. The van der Waals surface area contributed by atoms with Gasteiger partial charge in [-0.05, 0) is 112 Å². The first kappa shape index (κ1) is 36.5. The van der Waals surface area contributed by atoms with Gasteiger partial charge in [0.25, 0.3) is 0 Å². The van der Waals surface area contributed by atoms with E-state index < -0.39 is 0 Å². The van der Waals surface area contributed by atoms with Gasteiger partial charge in [-0.1, -0.05) is 152 Å². The van der Waals surface area contributed by atoms with Crippen LogP contribution in [0.15, 0.2) is 229 Å². The number of thiophene rings is 1. The molecule has 64 heavy (non-hydrogen) atoms. The van der Waals surface area contributed by atoms with Crippen molar-refractivity contribution >= 4 is 86.6 Å². The highest BCUT2D eigenvalue weighted by Crippen LogP contribution is 2.44. The number of nitrogens with zero attached hydrogens (tertiary/aromatic N) is 1. The lowest BCUT2D eigenvalue weighted by Crippen LogP contribution is -1.94. The minimum Gasteiger partial charge on any atom is -0.455 e. The maximum absolute atomic E-state index is 6.84. The number of benzene rings is 10. The molecule has 0 saturated heterocycles. The van der Waals surface area contributed by atoms with Gasteiger partial charge in [0, 0.05) is 59.0 Å². The van der Waals surface area contributed by atoms with Gasteiger partial charge < -0.3 is 14.3 Å². The van der Waals surface area contributed by atoms with Gasteiger partial charge in [-0.2, -0.15) is 0 Å². The third kappa shape index (κ3) is 5.95. The number of fused-ring (bicyclic) bond motifs is 10. The van der Waals surface area contributed by atoms with Gasteiger partial charge in [-0.15, -0.1) is 11.3 Å². The number of rotatable bonds is 7. The Balaban J connectivity index is 0.881. The Morgan fingerprint density at radius 1 is 0.391 bits per heavy atom. The molecule has 0 bridgehead atoms. The molecule has 1 N–H and O–H groups in total. The van der Waals surface area contributed by atoms with Crippen LogP contribution in [-0.4, -0.2) is 4.57 Å². The predicted octanol–water partition coefficient (Wildman–Crippen LogP) is 17.5. The van der Waals surface area contributed by atoms with Crippen LogP contribution in [0.25, 0.3) is 114 Å². The normalized spacial score (nSPS) is 11.8. The lowest BCUT2D eigenvalue weighted by Gasteiger charge is -2.13. The van der Waals surface area contributed by atoms with Crippen molar-refractivity contribution in [3.05, 3.63) is 224 Å². The van der Waals surface area contributed by atoms with Crippen LogP contribution in [0.3, 0.4) is 0 Å². The molecule has 0 aliphatic carbocycles. The Kier molecular flexibility index (Phi) is 8.40. The largest absolute Gasteiger partial charge is 0.455 e. The molecule has 0 aliphatic heterocycles. The highest BCUT2D eigenvalue weighted by molar-refractivity contribution is 7.26. The highest BCUT2D eigenvalue weighted by Gasteiger charge is 2.20. The number of anilines is 2. The quantitative estimate of drug-likeness (QED) is 0.173. The summed E-state index contributed by atoms with van der Waals surface area (Å²) in [6.45, 7) is 0. The number of aromatic nitrogens is 1. The van der Waals surface area contributed by atoms with Crippen LogP contribution in [0.5, 0.6) is 0 Å². The summed E-state index contributed by atoms with van der Waals surface area (Å²) in [5, 5.41) is 10.8. The molecule has 13 rings (SSSR count). The van der Waals surface area contributed by atoms with Crippen LogP contribution in [0.2, 0.25) is 0 Å². The number of hydrogen-bond acceptors (Lipinski definition) is 3. The van der Waals surface area contributed by atoms with Crippen LogP contribution >= 0.6 is 11.3 Å². The van der Waals surface area contributed by atoms with Gasteiger partial charge in [-0.25, -0.2) is 0 Å². The van der Waals surface area contributed by atoms with Crippen LogP contribution in [-0.2, 0) is 0 Å². The second-order valence-corrected chi connectivity index (χ2v) is 17.6. The third-order valence-electron chi connectivity index (χ3n) is 12.8. The molecule has 0 unspecified atom stereocenters. The predicted molar refractivity (Wildman–Crippen MR) is 272 cm³/mol. The van der Waals surface area contributed by atoms with E-state index in [-0.39, 0.29) is 0 Å². The summed E-state index contributed by atoms with van der Waals surface area (Å²) in [6, 6.07) is 80.8. The van der Waals surface area contributed by atoms with E-state index >= 15 is 0 Å². The number of furan rings is 1. The van der Waals surface area contributed by atoms with Crippen molar-refractivity contribution in [1.29, 1.82) is 0 Å². The van der Waals surface area contributed by atoms with Crippen molar-refractivity contribution in [1.82, 2.24) is 4.57 Å². The molecular weight excluding hydrogens is 797 g/mol. The molecular formula is C60H38N2OS. The molecule has 0 saturated carbocycles. The van der Waals surface area contributed by atoms with Gasteiger partial charge >= 0.3 is 0 Å². The average Bonchev–Trinajstić information content (AvgIpc) is 4.04. The number of nitrogens with one attached hydrogen (secondary N) is 1. The van der Waals surface area contributed by atoms with Crippen LogP contribution in [0, 0.1) is 0 Å². The highest BCUT2D eigenvalue weighted by atomic mass is 32.1. The molecule has 10 aromatic carbocycles. The lowest BCUT2D eigenvalue weighted by molar-refractivity contribution is 0.673. The zero-order valence-electron chi connectivity index (χ0n) is 34.6. The van der Waals surface area contributed by atoms with Crippen molar-refractivity contribution in [2.45, 2.75) is 0 Å². The molecule has 4 heteroatoms. The smallest absolute Gasteiger partial charge is 0.145 e. The Labute approximate surface area is 373 Å². The first-order valence-electron chi connectivity index (χ1n) is 21.7. The van der Waals surface area contributed by atoms with E-state index in [2.05, 4.69) is 234 Å². The van der Waals surface area contributed by atoms with E-state index in [1.54, 1.807) is 0 Å². The molecule has 0 radical (unpaired) electrons. The Morgan fingerprint density at radius 2 is 1.06 bits per heavy atom. The molecule has 0 spiro atoms. The molecule has 3 aromatic heterocycles. The fraction of sp³-hybridized carbons (Fsp3) is 0. The fourth-order valence-electron chi connectivity index (χ4n) is 9.80. The van der Waals surface area contributed by atoms with Gasteiger partial charge in [0.2, 0.25) is 0 Å². The summed E-state index contributed by atoms with van der Waals surface area (Å²) >= 11 is 1.88. The molecule has 13 aromatic rings. The number of hydrogen-bond donors (Lipinski definition) is 1. The monoisotopic (exact) mass is 834 g/mol. The molecule has 3 heterocycles. The second-order valence-electron chi connectivity index (χ2n) is 16.5. The summed E-state index contributed by atoms with van der Waals surface area (Å²) in [5.41, 5.74) is 16.7. The minimum absolute atomic E-state index is 0.877. The van der Waals surface area contributed by atoms with Gasteiger partial charge in [0.05, 0.1) is 16.4 Å². The topological polar surface area (TPSA) is 30.1 Å². The third-order valence-corrected chi connectivity index (χ3v) is 14.0. The molecule has 0 atom stereocenters. The summed E-state index contributed by atoms with van der Waals surface area (Å²) in [6.07, 6.45) is 0. The number of para-hydroxylation sites is 2. The van der Waals surface area contributed by atoms with Crippen molar-refractivity contribution in [3.63, 3.8) is 0 Å². The summed E-state index contributed by atoms with van der Waals surface area (Å²) in [4.78, 5) is 0. The Hall–Kier alpha value is -8.18. The van der Waals surface area contributed by atoms with Crippen LogP contribution in [0.1, 0.15) is 0 Å². The molecule has 300 valence electrons. The zero-order valence-corrected chi connectivity index (χ0v) is 35.4. The Morgan fingerprint density at radius 3 is 1.98 bits per heavy atom. The SMILES string of the molecule is c1ccc(-c2ccccc2Nc2cccc(-c3ccc4oc5c(ccc6c5c5ccccc5n6-c5cccc(-c6cccc(-c7cccc8c7sc7ccccc78)c6)c5)c4c3)c2)cc1.